The second-order valence-electron chi connectivity index (χ2n) is 9.21. The largest absolute Gasteiger partial charge is 0.477 e. The summed E-state index contributed by atoms with van der Waals surface area (Å²) in [6, 6.07) is -1.02. The third kappa shape index (κ3) is 6.53. The summed E-state index contributed by atoms with van der Waals surface area (Å²) in [5.41, 5.74) is 5.63. The lowest BCUT2D eigenvalue weighted by atomic mass is 10.0. The van der Waals surface area contributed by atoms with E-state index in [1.54, 1.807) is 5.38 Å². The highest BCUT2D eigenvalue weighted by atomic mass is 32.2. The van der Waals surface area contributed by atoms with E-state index in [9.17, 15) is 29.4 Å². The van der Waals surface area contributed by atoms with Crippen LogP contribution in [0.3, 0.4) is 0 Å². The van der Waals surface area contributed by atoms with Crippen LogP contribution in [0.25, 0.3) is 0 Å². The van der Waals surface area contributed by atoms with Crippen LogP contribution in [0.1, 0.15) is 18.5 Å². The molecule has 3 atom stereocenters. The standard InChI is InChI=1S/C23H24N10O8S3/c1-40-28-12(20(36)37)6-32-23(27-30-31-32)44-8-10-7-42-19-15(18(35)33(19)16(10)21(38)39)26-17(34)14(13-9-43-22(24)25-13)29-41-11-4-2-3-5-11/h2,4,9,11,15,19H,3,5-8H2,1H3,(H2,24,25)(H,26,34)(H,36,37)(H,38,39)/t11?,15?,19-/m0/s1. The number of allylic oxidation sites excluding steroid dienone is 1. The van der Waals surface area contributed by atoms with Crippen LogP contribution in [0.4, 0.5) is 5.13 Å². The number of tetrazole rings is 1. The number of nitrogens with one attached hydrogen (secondary N) is 1. The highest BCUT2D eigenvalue weighted by Gasteiger charge is 2.54. The van der Waals surface area contributed by atoms with E-state index >= 15 is 0 Å². The molecule has 4 heterocycles. The van der Waals surface area contributed by atoms with Gasteiger partial charge in [0.25, 0.3) is 11.8 Å². The number of carbonyl (C=O) groups is 4. The molecule has 2 amide bonds. The molecule has 0 radical (unpaired) electrons. The quantitative estimate of drug-likeness (QED) is 0.0710. The number of oxime groups is 2. The zero-order chi connectivity index (χ0) is 31.4. The minimum Gasteiger partial charge on any atom is -0.477 e. The van der Waals surface area contributed by atoms with Crippen LogP contribution >= 0.6 is 34.9 Å². The number of nitrogen functional groups attached to an aromatic ring is 1. The molecule has 2 aromatic heterocycles. The van der Waals surface area contributed by atoms with E-state index in [1.165, 1.54) is 23.6 Å². The van der Waals surface area contributed by atoms with Crippen LogP contribution in [0, 0.1) is 0 Å². The number of hydrogen-bond acceptors (Lipinski definition) is 16. The number of aromatic nitrogens is 5. The fraction of sp³-hybridized carbons (Fsp3) is 0.391. The van der Waals surface area contributed by atoms with Crippen molar-refractivity contribution in [1.29, 1.82) is 0 Å². The SMILES string of the molecule is CON=C(Cn1nnnc1SCC1=C(C(=O)O)N2C(=O)C(NC(=O)C(=NOC3C=CCC3)c3csc(N)n3)[C@@H]2SC1)C(=O)O. The van der Waals surface area contributed by atoms with Crippen molar-refractivity contribution in [2.45, 2.75) is 42.1 Å². The fourth-order valence-electron chi connectivity index (χ4n) is 4.36. The summed E-state index contributed by atoms with van der Waals surface area (Å²) in [4.78, 5) is 65.5. The van der Waals surface area contributed by atoms with Crippen molar-refractivity contribution in [3.05, 3.63) is 34.5 Å². The highest BCUT2D eigenvalue weighted by Crippen LogP contribution is 2.41. The average Bonchev–Trinajstić information content (AvgIpc) is 3.77. The molecule has 3 aliphatic rings. The number of nitrogens with zero attached hydrogens (tertiary/aromatic N) is 8. The van der Waals surface area contributed by atoms with E-state index < -0.39 is 35.2 Å². The molecule has 5 N–H and O–H groups in total. The molecule has 1 saturated heterocycles. The van der Waals surface area contributed by atoms with Crippen molar-refractivity contribution in [1.82, 2.24) is 35.4 Å². The van der Waals surface area contributed by atoms with Crippen LogP contribution < -0.4 is 11.1 Å². The summed E-state index contributed by atoms with van der Waals surface area (Å²) in [7, 11) is 1.20. The number of amides is 2. The second kappa shape index (κ2) is 13.4. The molecule has 2 aromatic rings. The van der Waals surface area contributed by atoms with E-state index in [2.05, 4.69) is 41.0 Å². The molecule has 21 heteroatoms. The summed E-state index contributed by atoms with van der Waals surface area (Å²) in [5, 5.41) is 41.9. The summed E-state index contributed by atoms with van der Waals surface area (Å²) < 4.78 is 1.18. The number of rotatable bonds is 13. The van der Waals surface area contributed by atoms with E-state index in [0.29, 0.717) is 12.0 Å². The van der Waals surface area contributed by atoms with Gasteiger partial charge in [0.2, 0.25) is 5.16 Å². The topological polar surface area (TPSA) is 250 Å². The maximum Gasteiger partial charge on any atom is 0.355 e. The molecule has 44 heavy (non-hydrogen) atoms. The van der Waals surface area contributed by atoms with Crippen LogP contribution in [0.15, 0.2) is 44.3 Å². The molecule has 1 aliphatic carbocycles. The van der Waals surface area contributed by atoms with Gasteiger partial charge in [-0.1, -0.05) is 28.1 Å². The Balaban J connectivity index is 1.28. The van der Waals surface area contributed by atoms with Gasteiger partial charge < -0.3 is 30.9 Å². The first-order valence-electron chi connectivity index (χ1n) is 12.7. The average molecular weight is 665 g/mol. The van der Waals surface area contributed by atoms with Crippen molar-refractivity contribution >= 4 is 75.2 Å². The van der Waals surface area contributed by atoms with Crippen molar-refractivity contribution in [3.8, 4) is 0 Å². The van der Waals surface area contributed by atoms with Crippen molar-refractivity contribution in [2.75, 3.05) is 24.3 Å². The Labute approximate surface area is 260 Å². The lowest BCUT2D eigenvalue weighted by Gasteiger charge is -2.49. The van der Waals surface area contributed by atoms with Crippen LogP contribution in [0.2, 0.25) is 0 Å². The summed E-state index contributed by atoms with van der Waals surface area (Å²) in [6.45, 7) is -0.298. The van der Waals surface area contributed by atoms with Crippen LogP contribution in [-0.4, -0.2) is 112 Å². The number of nitrogens with two attached hydrogens (primary N) is 1. The number of hydrogen-bond donors (Lipinski definition) is 4. The molecule has 5 rings (SSSR count). The highest BCUT2D eigenvalue weighted by molar-refractivity contribution is 8.01. The zero-order valence-electron chi connectivity index (χ0n) is 22.7. The monoisotopic (exact) mass is 664 g/mol. The predicted molar refractivity (Wildman–Crippen MR) is 157 cm³/mol. The van der Waals surface area contributed by atoms with E-state index in [1.807, 2.05) is 12.2 Å². The van der Waals surface area contributed by atoms with Gasteiger partial charge in [-0.2, -0.15) is 0 Å². The number of β-lactam (4-membered cyclic amide) rings is 1. The van der Waals surface area contributed by atoms with Crippen molar-refractivity contribution < 1.29 is 39.1 Å². The van der Waals surface area contributed by atoms with Gasteiger partial charge in [0, 0.05) is 16.9 Å². The molecule has 18 nitrogen and oxygen atoms in total. The smallest absolute Gasteiger partial charge is 0.355 e. The summed E-state index contributed by atoms with van der Waals surface area (Å²) >= 11 is 3.44. The van der Waals surface area contributed by atoms with Gasteiger partial charge in [0.15, 0.2) is 16.6 Å². The lowest BCUT2D eigenvalue weighted by Crippen LogP contribution is -2.71. The number of fused-ring (bicyclic) bond motifs is 1. The normalized spacial score (nSPS) is 21.6. The first-order valence-corrected chi connectivity index (χ1v) is 15.6. The van der Waals surface area contributed by atoms with Gasteiger partial charge in [-0.15, -0.1) is 28.2 Å². The molecular weight excluding hydrogens is 641 g/mol. The number of aliphatic carboxylic acids is 2. The van der Waals surface area contributed by atoms with Gasteiger partial charge >= 0.3 is 11.9 Å². The van der Waals surface area contributed by atoms with Crippen LogP contribution in [-0.2, 0) is 35.4 Å². The number of thiazole rings is 1. The third-order valence-corrected chi connectivity index (χ3v) is 9.44. The Morgan fingerprint density at radius 3 is 2.77 bits per heavy atom. The van der Waals surface area contributed by atoms with Gasteiger partial charge in [-0.3, -0.25) is 14.5 Å². The Kier molecular flexibility index (Phi) is 9.44. The molecule has 0 saturated carbocycles. The predicted octanol–water partition coefficient (Wildman–Crippen LogP) is -0.231. The van der Waals surface area contributed by atoms with E-state index in [-0.39, 0.29) is 57.3 Å². The first-order chi connectivity index (χ1) is 21.2. The molecule has 2 aliphatic heterocycles. The van der Waals surface area contributed by atoms with Gasteiger partial charge in [0.05, 0.1) is 6.54 Å². The molecule has 0 bridgehead atoms. The molecule has 232 valence electrons. The number of carbonyl (C=O) groups excluding carboxylic acids is 2. The Morgan fingerprint density at radius 1 is 1.30 bits per heavy atom. The maximum absolute atomic E-state index is 13.3. The Hall–Kier alpha value is -4.50. The number of carboxylic acids is 2. The Morgan fingerprint density at radius 2 is 2.11 bits per heavy atom. The van der Waals surface area contributed by atoms with E-state index in [4.69, 9.17) is 10.6 Å². The summed E-state index contributed by atoms with van der Waals surface area (Å²) in [6.07, 6.45) is 5.00. The number of thioether (sulfide) groups is 2. The summed E-state index contributed by atoms with van der Waals surface area (Å²) in [5.74, 6) is -3.66. The number of carboxylic acid groups (broad SMARTS) is 2. The van der Waals surface area contributed by atoms with Gasteiger partial charge in [-0.25, -0.2) is 19.3 Å². The first kappa shape index (κ1) is 30.9. The zero-order valence-corrected chi connectivity index (χ0v) is 25.2. The molecule has 1 fully saturated rings. The van der Waals surface area contributed by atoms with Gasteiger partial charge in [0.1, 0.15) is 36.0 Å². The molecule has 0 spiro atoms. The lowest BCUT2D eigenvalue weighted by molar-refractivity contribution is -0.150. The maximum atomic E-state index is 13.3. The van der Waals surface area contributed by atoms with Crippen molar-refractivity contribution in [3.63, 3.8) is 0 Å². The molecular formula is C23H24N10O8S3. The molecule has 2 unspecified atom stereocenters. The van der Waals surface area contributed by atoms with Crippen LogP contribution in [0.5, 0.6) is 0 Å². The minimum absolute atomic E-state index is 0.0847. The van der Waals surface area contributed by atoms with Crippen molar-refractivity contribution in [2.24, 2.45) is 10.3 Å². The minimum atomic E-state index is -1.32. The van der Waals surface area contributed by atoms with Gasteiger partial charge in [-0.05, 0) is 34.9 Å². The van der Waals surface area contributed by atoms with E-state index in [0.717, 1.165) is 34.4 Å². The number of anilines is 1. The Bertz CT molecular complexity index is 1600. The fourth-order valence-corrected chi connectivity index (χ4v) is 7.27. The second-order valence-corrected chi connectivity index (χ2v) is 12.1. The third-order valence-electron chi connectivity index (χ3n) is 6.39. The molecule has 0 aromatic carbocycles.